The number of hydrogen-bond acceptors (Lipinski definition) is 3. The second-order valence-corrected chi connectivity index (χ2v) is 5.56. The third-order valence-electron chi connectivity index (χ3n) is 3.78. The van der Waals surface area contributed by atoms with Crippen molar-refractivity contribution in [1.29, 1.82) is 0 Å². The highest BCUT2D eigenvalue weighted by Gasteiger charge is 2.16. The second kappa shape index (κ2) is 7.41. The van der Waals surface area contributed by atoms with Gasteiger partial charge in [-0.05, 0) is 25.8 Å². The molecule has 0 aliphatic carbocycles. The van der Waals surface area contributed by atoms with Gasteiger partial charge in [-0.3, -0.25) is 4.79 Å². The maximum atomic E-state index is 13.8. The number of rotatable bonds is 4. The Morgan fingerprint density at radius 1 is 1.33 bits per heavy atom. The van der Waals surface area contributed by atoms with E-state index in [1.54, 1.807) is 19.1 Å². The highest BCUT2D eigenvalue weighted by molar-refractivity contribution is 5.77. The third kappa shape index (κ3) is 4.43. The summed E-state index contributed by atoms with van der Waals surface area (Å²) in [5.74, 6) is -0.0710. The van der Waals surface area contributed by atoms with Gasteiger partial charge in [0.15, 0.2) is 6.61 Å². The normalized spacial score (nSPS) is 17.2. The van der Waals surface area contributed by atoms with E-state index < -0.39 is 5.82 Å². The summed E-state index contributed by atoms with van der Waals surface area (Å²) in [5.41, 5.74) is 6.10. The molecule has 1 aliphatic heterocycles. The number of amides is 1. The van der Waals surface area contributed by atoms with E-state index in [0.717, 1.165) is 25.9 Å². The Balaban J connectivity index is 1.90. The predicted octanol–water partition coefficient (Wildman–Crippen LogP) is 2.63. The van der Waals surface area contributed by atoms with E-state index in [9.17, 15) is 9.18 Å². The number of ether oxygens (including phenoxy) is 1. The summed E-state index contributed by atoms with van der Waals surface area (Å²) in [6.07, 6.45) is 4.44. The molecule has 2 N–H and O–H groups in total. The van der Waals surface area contributed by atoms with E-state index in [-0.39, 0.29) is 18.6 Å². The Morgan fingerprint density at radius 2 is 2.00 bits per heavy atom. The van der Waals surface area contributed by atoms with Crippen LogP contribution in [0.1, 0.15) is 44.2 Å². The van der Waals surface area contributed by atoms with E-state index in [2.05, 4.69) is 0 Å². The van der Waals surface area contributed by atoms with E-state index in [1.165, 1.54) is 18.9 Å². The quantitative estimate of drug-likeness (QED) is 0.928. The zero-order valence-corrected chi connectivity index (χ0v) is 12.5. The Kier molecular flexibility index (Phi) is 5.56. The minimum absolute atomic E-state index is 0.0337. The molecule has 0 unspecified atom stereocenters. The zero-order chi connectivity index (χ0) is 15.2. The first-order valence-electron chi connectivity index (χ1n) is 7.53. The lowest BCUT2D eigenvalue weighted by molar-refractivity contribution is -0.133. The Hall–Kier alpha value is -1.62. The van der Waals surface area contributed by atoms with Crippen molar-refractivity contribution in [2.75, 3.05) is 19.7 Å². The van der Waals surface area contributed by atoms with Crippen molar-refractivity contribution in [2.24, 2.45) is 5.73 Å². The number of likely N-dealkylation sites (tertiary alicyclic amines) is 1. The fraction of sp³-hybridized carbons (Fsp3) is 0.562. The number of halogens is 1. The SMILES string of the molecule is C[C@@H](N)c1ccc(OCC(=O)N2CCCCCC2)cc1F. The van der Waals surface area contributed by atoms with Crippen LogP contribution in [0, 0.1) is 5.82 Å². The van der Waals surface area contributed by atoms with E-state index >= 15 is 0 Å². The summed E-state index contributed by atoms with van der Waals surface area (Å²) in [6, 6.07) is 4.18. The molecule has 1 aromatic rings. The average molecular weight is 294 g/mol. The van der Waals surface area contributed by atoms with Crippen molar-refractivity contribution in [3.8, 4) is 5.75 Å². The van der Waals surface area contributed by atoms with E-state index in [4.69, 9.17) is 10.5 Å². The zero-order valence-electron chi connectivity index (χ0n) is 12.5. The molecule has 4 nitrogen and oxygen atoms in total. The van der Waals surface area contributed by atoms with Crippen molar-refractivity contribution in [3.63, 3.8) is 0 Å². The van der Waals surface area contributed by atoms with Gasteiger partial charge in [0.2, 0.25) is 0 Å². The monoisotopic (exact) mass is 294 g/mol. The molecule has 5 heteroatoms. The minimum Gasteiger partial charge on any atom is -0.484 e. The van der Waals surface area contributed by atoms with Crippen molar-refractivity contribution in [2.45, 2.75) is 38.6 Å². The molecule has 1 aromatic carbocycles. The number of benzene rings is 1. The predicted molar refractivity (Wildman–Crippen MR) is 79.5 cm³/mol. The maximum absolute atomic E-state index is 13.8. The van der Waals surface area contributed by atoms with Crippen LogP contribution in [0.3, 0.4) is 0 Å². The molecule has 1 heterocycles. The van der Waals surface area contributed by atoms with Gasteiger partial charge < -0.3 is 15.4 Å². The first-order chi connectivity index (χ1) is 10.1. The number of carbonyl (C=O) groups is 1. The van der Waals surface area contributed by atoms with E-state index in [1.807, 2.05) is 4.90 Å². The highest BCUT2D eigenvalue weighted by Crippen LogP contribution is 2.20. The summed E-state index contributed by atoms with van der Waals surface area (Å²) in [4.78, 5) is 13.9. The highest BCUT2D eigenvalue weighted by atomic mass is 19.1. The molecule has 0 radical (unpaired) electrons. The second-order valence-electron chi connectivity index (χ2n) is 5.56. The molecular weight excluding hydrogens is 271 g/mol. The van der Waals surface area contributed by atoms with Crippen LogP contribution < -0.4 is 10.5 Å². The van der Waals surface area contributed by atoms with Crippen LogP contribution in [-0.2, 0) is 4.79 Å². The smallest absolute Gasteiger partial charge is 0.260 e. The van der Waals surface area contributed by atoms with Gasteiger partial charge in [-0.1, -0.05) is 18.9 Å². The lowest BCUT2D eigenvalue weighted by atomic mass is 10.1. The van der Waals surface area contributed by atoms with Crippen LogP contribution in [0.4, 0.5) is 4.39 Å². The topological polar surface area (TPSA) is 55.6 Å². The van der Waals surface area contributed by atoms with Crippen molar-refractivity contribution in [3.05, 3.63) is 29.6 Å². The fourth-order valence-corrected chi connectivity index (χ4v) is 2.52. The molecule has 21 heavy (non-hydrogen) atoms. The van der Waals surface area contributed by atoms with Gasteiger partial charge in [0.05, 0.1) is 0 Å². The summed E-state index contributed by atoms with van der Waals surface area (Å²) >= 11 is 0. The molecule has 116 valence electrons. The van der Waals surface area contributed by atoms with Gasteiger partial charge in [0.1, 0.15) is 11.6 Å². The number of nitrogens with two attached hydrogens (primary N) is 1. The standard InChI is InChI=1S/C16H23FN2O2/c1-12(18)14-7-6-13(10-15(14)17)21-11-16(20)19-8-4-2-3-5-9-19/h6-7,10,12H,2-5,8-9,11,18H2,1H3/t12-/m1/s1. The van der Waals surface area contributed by atoms with Gasteiger partial charge >= 0.3 is 0 Å². The van der Waals surface area contributed by atoms with Crippen molar-refractivity contribution < 1.29 is 13.9 Å². The van der Waals surface area contributed by atoms with E-state index in [0.29, 0.717) is 11.3 Å². The van der Waals surface area contributed by atoms with Gasteiger partial charge in [0, 0.05) is 30.8 Å². The Morgan fingerprint density at radius 3 is 2.57 bits per heavy atom. The van der Waals surface area contributed by atoms with Crippen LogP contribution in [-0.4, -0.2) is 30.5 Å². The third-order valence-corrected chi connectivity index (χ3v) is 3.78. The molecular formula is C16H23FN2O2. The average Bonchev–Trinajstić information content (AvgIpc) is 2.73. The lowest BCUT2D eigenvalue weighted by Gasteiger charge is -2.20. The molecule has 1 amide bonds. The Bertz CT molecular complexity index is 483. The van der Waals surface area contributed by atoms with Gasteiger partial charge in [-0.15, -0.1) is 0 Å². The van der Waals surface area contributed by atoms with Crippen LogP contribution >= 0.6 is 0 Å². The Labute approximate surface area is 125 Å². The summed E-state index contributed by atoms with van der Waals surface area (Å²) in [6.45, 7) is 3.26. The minimum atomic E-state index is -0.398. The molecule has 0 saturated carbocycles. The maximum Gasteiger partial charge on any atom is 0.260 e. The summed E-state index contributed by atoms with van der Waals surface area (Å²) < 4.78 is 19.2. The fourth-order valence-electron chi connectivity index (χ4n) is 2.52. The summed E-state index contributed by atoms with van der Waals surface area (Å²) in [7, 11) is 0. The first kappa shape index (κ1) is 15.8. The van der Waals surface area contributed by atoms with Gasteiger partial charge in [-0.25, -0.2) is 4.39 Å². The van der Waals surface area contributed by atoms with Crippen LogP contribution in [0.5, 0.6) is 5.75 Å². The first-order valence-corrected chi connectivity index (χ1v) is 7.53. The van der Waals surface area contributed by atoms with Gasteiger partial charge in [-0.2, -0.15) is 0 Å². The van der Waals surface area contributed by atoms with Crippen LogP contribution in [0.25, 0.3) is 0 Å². The molecule has 1 atom stereocenters. The molecule has 0 spiro atoms. The molecule has 1 aliphatic rings. The van der Waals surface area contributed by atoms with Gasteiger partial charge in [0.25, 0.3) is 5.91 Å². The van der Waals surface area contributed by atoms with Crippen molar-refractivity contribution in [1.82, 2.24) is 4.90 Å². The molecule has 2 rings (SSSR count). The molecule has 0 bridgehead atoms. The molecule has 0 aromatic heterocycles. The molecule has 1 fully saturated rings. The molecule has 1 saturated heterocycles. The largest absolute Gasteiger partial charge is 0.484 e. The number of carbonyl (C=O) groups excluding carboxylic acids is 1. The van der Waals surface area contributed by atoms with Crippen LogP contribution in [0.15, 0.2) is 18.2 Å². The van der Waals surface area contributed by atoms with Crippen molar-refractivity contribution >= 4 is 5.91 Å². The number of hydrogen-bond donors (Lipinski definition) is 1. The lowest BCUT2D eigenvalue weighted by Crippen LogP contribution is -2.35. The number of nitrogens with zero attached hydrogens (tertiary/aromatic N) is 1. The summed E-state index contributed by atoms with van der Waals surface area (Å²) in [5, 5.41) is 0. The van der Waals surface area contributed by atoms with Crippen LogP contribution in [0.2, 0.25) is 0 Å².